The molecule has 1 heterocycles. The summed E-state index contributed by atoms with van der Waals surface area (Å²) in [6.45, 7) is 12.7. The summed E-state index contributed by atoms with van der Waals surface area (Å²) in [4.78, 5) is 71.4. The fourth-order valence-electron chi connectivity index (χ4n) is 7.24. The van der Waals surface area contributed by atoms with E-state index in [9.17, 15) is 54.3 Å². The Morgan fingerprint density at radius 3 is 1.88 bits per heavy atom. The van der Waals surface area contributed by atoms with Crippen LogP contribution in [-0.4, -0.2) is 143 Å². The third-order valence-electron chi connectivity index (χ3n) is 11.9. The van der Waals surface area contributed by atoms with Crippen LogP contribution in [0.2, 0.25) is 0 Å². The summed E-state index contributed by atoms with van der Waals surface area (Å²) in [6.07, 6.45) is 8.05. The molecular weight excluding hydrogens is 869 g/mol. The summed E-state index contributed by atoms with van der Waals surface area (Å²) in [6, 6.07) is 0. The van der Waals surface area contributed by atoms with Crippen molar-refractivity contribution in [1.29, 1.82) is 0 Å². The summed E-state index contributed by atoms with van der Waals surface area (Å²) in [5.74, 6) is -0.00259. The van der Waals surface area contributed by atoms with Crippen LogP contribution in [0.5, 0.6) is 0 Å². The molecule has 0 aromatic heterocycles. The van der Waals surface area contributed by atoms with Gasteiger partial charge in [-0.25, -0.2) is 0 Å². The Balaban J connectivity index is 0.000000451. The minimum Gasteiger partial charge on any atom is -0.462 e. The molecule has 0 aromatic rings. The first-order valence-corrected chi connectivity index (χ1v) is 25.0. The fourth-order valence-corrected chi connectivity index (χ4v) is 9.05. The largest absolute Gasteiger partial charge is 0.462 e. The number of hydrogen-bond donors (Lipinski definition) is 9. The molecule has 1 fully saturated rings. The lowest BCUT2D eigenvalue weighted by atomic mass is 9.66. The highest BCUT2D eigenvalue weighted by Gasteiger charge is 2.41. The molecule has 1 aliphatic heterocycles. The van der Waals surface area contributed by atoms with Gasteiger partial charge in [-0.2, -0.15) is 0 Å². The zero-order chi connectivity index (χ0) is 48.0. The minimum absolute atomic E-state index is 0.0699. The second-order valence-electron chi connectivity index (χ2n) is 18.3. The Morgan fingerprint density at radius 1 is 0.859 bits per heavy atom. The zero-order valence-electron chi connectivity index (χ0n) is 38.8. The van der Waals surface area contributed by atoms with Crippen LogP contribution in [0.3, 0.4) is 0 Å². The van der Waals surface area contributed by atoms with E-state index < -0.39 is 41.0 Å². The molecule has 64 heavy (non-hydrogen) atoms. The van der Waals surface area contributed by atoms with Gasteiger partial charge in [0.15, 0.2) is 0 Å². The second-order valence-corrected chi connectivity index (χ2v) is 21.0. The topological polar surface area (TPSA) is 270 Å². The molecule has 4 amide bonds. The number of ether oxygens (including phenoxy) is 2. The summed E-state index contributed by atoms with van der Waals surface area (Å²) in [5.41, 5.74) is -0.660. The van der Waals surface area contributed by atoms with E-state index >= 15 is 0 Å². The molecule has 2 aliphatic carbocycles. The van der Waals surface area contributed by atoms with Gasteiger partial charge in [0.1, 0.15) is 24.4 Å². The highest BCUT2D eigenvalue weighted by molar-refractivity contribution is 8.76. The van der Waals surface area contributed by atoms with Gasteiger partial charge in [-0.15, -0.1) is 0 Å². The van der Waals surface area contributed by atoms with E-state index in [1.54, 1.807) is 27.7 Å². The predicted octanol–water partition coefficient (Wildman–Crippen LogP) is 2.32. The third-order valence-corrected chi connectivity index (χ3v) is 14.3. The van der Waals surface area contributed by atoms with Crippen LogP contribution < -0.4 is 21.3 Å². The number of allylic oxidation sites excluding steroid dienone is 3. The van der Waals surface area contributed by atoms with Crippen LogP contribution in [0.1, 0.15) is 106 Å². The van der Waals surface area contributed by atoms with Crippen LogP contribution in [0.25, 0.3) is 0 Å². The van der Waals surface area contributed by atoms with Crippen molar-refractivity contribution >= 4 is 57.2 Å². The van der Waals surface area contributed by atoms with E-state index in [-0.39, 0.29) is 93.4 Å². The maximum Gasteiger partial charge on any atom is 0.308 e. The maximum atomic E-state index is 12.4. The Morgan fingerprint density at radius 2 is 1.39 bits per heavy atom. The van der Waals surface area contributed by atoms with Crippen molar-refractivity contribution in [3.8, 4) is 0 Å². The lowest BCUT2D eigenvalue weighted by molar-refractivity contribution is -0.162. The van der Waals surface area contributed by atoms with E-state index in [0.29, 0.717) is 42.9 Å². The zero-order valence-corrected chi connectivity index (χ0v) is 40.4. The molecule has 3 aliphatic rings. The Bertz CT molecular complexity index is 1520. The number of rotatable bonds is 25. The second kappa shape index (κ2) is 28.8. The van der Waals surface area contributed by atoms with E-state index in [0.717, 1.165) is 32.1 Å². The summed E-state index contributed by atoms with van der Waals surface area (Å²) in [5, 5.41) is 58.4. The summed E-state index contributed by atoms with van der Waals surface area (Å²) >= 11 is 0. The minimum atomic E-state index is -1.37. The number of esters is 2. The molecule has 17 nitrogen and oxygen atoms in total. The molecule has 1 saturated heterocycles. The van der Waals surface area contributed by atoms with Crippen molar-refractivity contribution in [3.63, 3.8) is 0 Å². The van der Waals surface area contributed by atoms with E-state index in [1.165, 1.54) is 27.2 Å². The van der Waals surface area contributed by atoms with Crippen LogP contribution >= 0.6 is 21.6 Å². The molecule has 366 valence electrons. The first-order chi connectivity index (χ1) is 30.2. The molecule has 3 rings (SSSR count). The molecule has 0 bridgehead atoms. The van der Waals surface area contributed by atoms with Gasteiger partial charge in [-0.1, -0.05) is 88.3 Å². The van der Waals surface area contributed by atoms with Crippen LogP contribution in [0.15, 0.2) is 23.8 Å². The number of fused-ring (bicyclic) bond motifs is 1. The lowest BCUT2D eigenvalue weighted by Crippen LogP contribution is -2.46. The quantitative estimate of drug-likeness (QED) is 0.0361. The number of amides is 4. The number of carbonyl (C=O) groups is 6. The Labute approximate surface area is 386 Å². The van der Waals surface area contributed by atoms with Gasteiger partial charge in [-0.3, -0.25) is 28.8 Å². The number of aliphatic hydroxyl groups excluding tert-OH is 5. The smallest absolute Gasteiger partial charge is 0.308 e. The average Bonchev–Trinajstić information content (AvgIpc) is 3.25. The van der Waals surface area contributed by atoms with Gasteiger partial charge in [0, 0.05) is 73.7 Å². The summed E-state index contributed by atoms with van der Waals surface area (Å²) < 4.78 is 11.4. The Kier molecular flexibility index (Phi) is 25.6. The molecule has 9 N–H and O–H groups in total. The van der Waals surface area contributed by atoms with Crippen molar-refractivity contribution in [3.05, 3.63) is 23.8 Å². The highest BCUT2D eigenvalue weighted by Crippen LogP contribution is 2.44. The lowest BCUT2D eigenvalue weighted by Gasteiger charge is -2.42. The number of hydrogen-bond acceptors (Lipinski definition) is 15. The van der Waals surface area contributed by atoms with Gasteiger partial charge in [-0.05, 0) is 49.5 Å². The Hall–Kier alpha value is -3.20. The molecule has 0 spiro atoms. The normalized spacial score (nSPS) is 23.4. The predicted molar refractivity (Wildman–Crippen MR) is 246 cm³/mol. The monoisotopic (exact) mass is 944 g/mol. The molecule has 19 heteroatoms. The fraction of sp³-hybridized carbons (Fsp3) is 0.778. The van der Waals surface area contributed by atoms with Crippen molar-refractivity contribution in [2.45, 2.75) is 137 Å². The number of cyclic esters (lactones) is 1. The number of nitrogens with one attached hydrogen (secondary N) is 4. The van der Waals surface area contributed by atoms with Crippen LogP contribution in [-0.2, 0) is 38.2 Å². The van der Waals surface area contributed by atoms with Gasteiger partial charge >= 0.3 is 11.9 Å². The molecule has 2 unspecified atom stereocenters. The molecule has 0 aromatic carbocycles. The third kappa shape index (κ3) is 19.7. The number of aliphatic hydroxyl groups is 5. The van der Waals surface area contributed by atoms with Crippen molar-refractivity contribution < 1.29 is 63.8 Å². The van der Waals surface area contributed by atoms with Gasteiger partial charge in [0.2, 0.25) is 23.6 Å². The molecular formula is C45H76N4O13S2. The van der Waals surface area contributed by atoms with Gasteiger partial charge in [0.25, 0.3) is 0 Å². The van der Waals surface area contributed by atoms with Crippen molar-refractivity contribution in [2.24, 2.45) is 34.5 Å². The van der Waals surface area contributed by atoms with Gasteiger partial charge in [0.05, 0.1) is 31.7 Å². The first kappa shape index (κ1) is 56.9. The SMILES string of the molecule is CC(C)(CO)C(O)C(=O)NCCC(=O)NCCSSCCNC(=O)CCNC(=O)C(O)C(C)(C)CO.CC[C@H](C)C(=O)O[C@H]1CCC=C2C=C[C@H](C)[C@H](CC[C@@H]3C[C@@H](O)CC(=O)O3)[C@H]21. The standard InChI is InChI=1S/C23H34O5.C22H42N4O8S2/c1-4-14(2)23(26)28-20-7-5-6-16-9-8-15(3)19(22(16)20)11-10-18-12-17(24)13-21(25)27-18;1-21(2,13-27)17(31)19(33)25-7-5-15(29)23-9-11-35-36-12-10-24-16(30)6-8-26-20(34)18(32)22(3,4)14-28/h6,8-9,14-15,17-20,22,24H,4-5,7,10-13H2,1-3H3;17-18,27-28,31-32H,5-14H2,1-4H3,(H,23,29)(H,24,30)(H,25,33)(H,26,34)/t14-,15-,17+,18+,19-,20-,22-;/m0./s1. The van der Waals surface area contributed by atoms with Gasteiger partial charge < -0.3 is 56.3 Å². The molecule has 0 saturated carbocycles. The first-order valence-electron chi connectivity index (χ1n) is 22.5. The van der Waals surface area contributed by atoms with E-state index in [2.05, 4.69) is 46.4 Å². The van der Waals surface area contributed by atoms with Crippen molar-refractivity contribution in [2.75, 3.05) is 50.9 Å². The number of carbonyl (C=O) groups excluding carboxylic acids is 6. The average molecular weight is 945 g/mol. The summed E-state index contributed by atoms with van der Waals surface area (Å²) in [7, 11) is 3.07. The molecule has 9 atom stereocenters. The highest BCUT2D eigenvalue weighted by atomic mass is 33.1. The van der Waals surface area contributed by atoms with Crippen molar-refractivity contribution in [1.82, 2.24) is 21.3 Å². The van der Waals surface area contributed by atoms with E-state index in [1.807, 2.05) is 13.8 Å². The molecule has 0 radical (unpaired) electrons. The maximum absolute atomic E-state index is 12.4. The van der Waals surface area contributed by atoms with E-state index in [4.69, 9.17) is 9.47 Å². The van der Waals surface area contributed by atoms with Crippen LogP contribution in [0.4, 0.5) is 0 Å². The van der Waals surface area contributed by atoms with Crippen LogP contribution in [0, 0.1) is 34.5 Å².